The highest BCUT2D eigenvalue weighted by Gasteiger charge is 2.35. The van der Waals surface area contributed by atoms with E-state index in [0.717, 1.165) is 49.1 Å². The molecule has 0 saturated carbocycles. The number of thioether (sulfide) groups is 1. The first-order chi connectivity index (χ1) is 17.4. The van der Waals surface area contributed by atoms with Crippen molar-refractivity contribution in [1.82, 2.24) is 4.90 Å². The molecule has 0 aromatic heterocycles. The lowest BCUT2D eigenvalue weighted by Crippen LogP contribution is -2.27. The van der Waals surface area contributed by atoms with E-state index in [0.29, 0.717) is 22.8 Å². The van der Waals surface area contributed by atoms with E-state index in [-0.39, 0.29) is 11.6 Å². The van der Waals surface area contributed by atoms with Crippen molar-refractivity contribution in [3.05, 3.63) is 116 Å². The number of fused-ring (bicyclic) bond motifs is 1. The molecule has 0 unspecified atom stereocenters. The van der Waals surface area contributed by atoms with Gasteiger partial charge < -0.3 is 4.74 Å². The maximum Gasteiger partial charge on any atom is 0.293 e. The molecule has 0 N–H and O–H groups in total. The summed E-state index contributed by atoms with van der Waals surface area (Å²) in [5.74, 6) is -0.232. The summed E-state index contributed by atoms with van der Waals surface area (Å²) in [6.07, 6.45) is 1.66. The highest BCUT2D eigenvalue weighted by molar-refractivity contribution is 9.10. The van der Waals surface area contributed by atoms with Crippen molar-refractivity contribution in [2.45, 2.75) is 13.2 Å². The average molecular weight is 583 g/mol. The van der Waals surface area contributed by atoms with Gasteiger partial charge in [-0.05, 0) is 85.5 Å². The van der Waals surface area contributed by atoms with E-state index < -0.39 is 17.0 Å². The van der Waals surface area contributed by atoms with Crippen LogP contribution in [-0.4, -0.2) is 16.0 Å². The first kappa shape index (κ1) is 24.6. The molecule has 1 aliphatic rings. The van der Waals surface area contributed by atoms with Crippen LogP contribution < -0.4 is 4.74 Å². The summed E-state index contributed by atoms with van der Waals surface area (Å²) in [6, 6.07) is 23.6. The molecule has 1 aliphatic heterocycles. The minimum atomic E-state index is -0.479. The van der Waals surface area contributed by atoms with E-state index in [1.54, 1.807) is 6.08 Å². The molecule has 1 fully saturated rings. The molecule has 0 bridgehead atoms. The molecule has 1 heterocycles. The number of ether oxygens (including phenoxy) is 1. The number of nitrogens with zero attached hydrogens (tertiary/aromatic N) is 1. The molecule has 0 aliphatic carbocycles. The second kappa shape index (κ2) is 10.5. The third-order valence-corrected chi connectivity index (χ3v) is 7.61. The fraction of sp³-hybridized carbons (Fsp3) is 0.0714. The van der Waals surface area contributed by atoms with E-state index in [1.807, 2.05) is 42.5 Å². The minimum Gasteiger partial charge on any atom is -0.488 e. The Bertz CT molecular complexity index is 1540. The van der Waals surface area contributed by atoms with Gasteiger partial charge in [0.2, 0.25) is 0 Å². The van der Waals surface area contributed by atoms with Crippen LogP contribution in [0.5, 0.6) is 5.75 Å². The lowest BCUT2D eigenvalue weighted by atomic mass is 10.1. The monoisotopic (exact) mass is 581 g/mol. The van der Waals surface area contributed by atoms with Crippen LogP contribution in [-0.2, 0) is 17.9 Å². The zero-order valence-electron chi connectivity index (χ0n) is 18.7. The summed E-state index contributed by atoms with van der Waals surface area (Å²) in [6.45, 7) is 0.385. The lowest BCUT2D eigenvalue weighted by Gasteiger charge is -2.13. The van der Waals surface area contributed by atoms with Gasteiger partial charge in [-0.15, -0.1) is 0 Å². The maximum absolute atomic E-state index is 13.3. The van der Waals surface area contributed by atoms with Gasteiger partial charge in [0.1, 0.15) is 18.2 Å². The highest BCUT2D eigenvalue weighted by Crippen LogP contribution is 2.35. The van der Waals surface area contributed by atoms with Gasteiger partial charge in [-0.2, -0.15) is 0 Å². The van der Waals surface area contributed by atoms with E-state index in [2.05, 4.69) is 34.1 Å². The van der Waals surface area contributed by atoms with Crippen LogP contribution >= 0.6 is 39.3 Å². The zero-order chi connectivity index (χ0) is 25.2. The maximum atomic E-state index is 13.3. The van der Waals surface area contributed by atoms with Gasteiger partial charge >= 0.3 is 0 Å². The van der Waals surface area contributed by atoms with Crippen LogP contribution in [0.1, 0.15) is 16.7 Å². The number of imide groups is 1. The Morgan fingerprint density at radius 1 is 0.972 bits per heavy atom. The summed E-state index contributed by atoms with van der Waals surface area (Å²) in [7, 11) is 0. The van der Waals surface area contributed by atoms with Gasteiger partial charge in [0, 0.05) is 5.02 Å². The summed E-state index contributed by atoms with van der Waals surface area (Å²) < 4.78 is 20.1. The van der Waals surface area contributed by atoms with Crippen molar-refractivity contribution in [3.63, 3.8) is 0 Å². The summed E-state index contributed by atoms with van der Waals surface area (Å²) in [5, 5.41) is 2.07. The molecule has 4 aromatic rings. The number of rotatable bonds is 6. The third kappa shape index (κ3) is 5.19. The van der Waals surface area contributed by atoms with Gasteiger partial charge in [-0.1, -0.05) is 66.2 Å². The Labute approximate surface area is 224 Å². The predicted octanol–water partition coefficient (Wildman–Crippen LogP) is 8.21. The Kier molecular flexibility index (Phi) is 7.14. The van der Waals surface area contributed by atoms with Gasteiger partial charge in [-0.3, -0.25) is 14.5 Å². The topological polar surface area (TPSA) is 46.6 Å². The van der Waals surface area contributed by atoms with Gasteiger partial charge in [-0.25, -0.2) is 4.39 Å². The average Bonchev–Trinajstić information content (AvgIpc) is 3.12. The van der Waals surface area contributed by atoms with Crippen LogP contribution in [0.25, 0.3) is 16.8 Å². The summed E-state index contributed by atoms with van der Waals surface area (Å²) in [4.78, 5) is 26.8. The molecule has 1 saturated heterocycles. The molecule has 0 atom stereocenters. The molecular formula is C28H18BrClFNO3S. The van der Waals surface area contributed by atoms with E-state index in [1.165, 1.54) is 12.1 Å². The molecule has 4 nitrogen and oxygen atoms in total. The number of halogens is 3. The van der Waals surface area contributed by atoms with Crippen LogP contribution in [0.2, 0.25) is 5.02 Å². The number of hydrogen-bond donors (Lipinski definition) is 0. The predicted molar refractivity (Wildman–Crippen MR) is 145 cm³/mol. The molecular weight excluding hydrogens is 565 g/mol. The number of benzene rings is 4. The van der Waals surface area contributed by atoms with Crippen molar-refractivity contribution >= 4 is 67.3 Å². The summed E-state index contributed by atoms with van der Waals surface area (Å²) in [5.41, 5.74) is 2.32. The van der Waals surface area contributed by atoms with Crippen molar-refractivity contribution in [2.75, 3.05) is 0 Å². The molecule has 180 valence electrons. The standard InChI is InChI=1S/C28H18BrClFNO3S/c29-23-12-17(8-11-25(23)35-16-20-6-3-5-18-4-1-2-7-22(18)20)13-26-27(33)32(28(34)36-26)15-19-9-10-21(31)14-24(19)30/h1-14H,15-16H2/b26-13-. The Morgan fingerprint density at radius 2 is 1.78 bits per heavy atom. The largest absolute Gasteiger partial charge is 0.488 e. The van der Waals surface area contributed by atoms with Crippen molar-refractivity contribution in [2.24, 2.45) is 0 Å². The third-order valence-electron chi connectivity index (χ3n) is 5.73. The second-order valence-electron chi connectivity index (χ2n) is 8.12. The SMILES string of the molecule is O=C1S/C(=C\c2ccc(OCc3cccc4ccccc34)c(Br)c2)C(=O)N1Cc1ccc(F)cc1Cl. The Balaban J connectivity index is 1.30. The molecule has 0 spiro atoms. The first-order valence-corrected chi connectivity index (χ1v) is 13.0. The van der Waals surface area contributed by atoms with Crippen molar-refractivity contribution in [3.8, 4) is 5.75 Å². The van der Waals surface area contributed by atoms with Crippen molar-refractivity contribution < 1.29 is 18.7 Å². The van der Waals surface area contributed by atoms with Crippen LogP contribution in [0, 0.1) is 5.82 Å². The van der Waals surface area contributed by atoms with Gasteiger partial charge in [0.25, 0.3) is 11.1 Å². The molecule has 2 amide bonds. The molecule has 4 aromatic carbocycles. The fourth-order valence-electron chi connectivity index (χ4n) is 3.91. The lowest BCUT2D eigenvalue weighted by molar-refractivity contribution is -0.123. The zero-order valence-corrected chi connectivity index (χ0v) is 21.9. The first-order valence-electron chi connectivity index (χ1n) is 11.0. The van der Waals surface area contributed by atoms with E-state index in [4.69, 9.17) is 16.3 Å². The minimum absolute atomic E-state index is 0.0221. The molecule has 5 rings (SSSR count). The smallest absolute Gasteiger partial charge is 0.293 e. The van der Waals surface area contributed by atoms with Gasteiger partial charge in [0.05, 0.1) is 15.9 Å². The van der Waals surface area contributed by atoms with Crippen LogP contribution in [0.4, 0.5) is 9.18 Å². The van der Waals surface area contributed by atoms with E-state index in [9.17, 15) is 14.0 Å². The van der Waals surface area contributed by atoms with E-state index >= 15 is 0 Å². The van der Waals surface area contributed by atoms with Crippen LogP contribution in [0.15, 0.2) is 88.2 Å². The number of hydrogen-bond acceptors (Lipinski definition) is 4. The van der Waals surface area contributed by atoms with Crippen LogP contribution in [0.3, 0.4) is 0 Å². The molecule has 0 radical (unpaired) electrons. The summed E-state index contributed by atoms with van der Waals surface area (Å²) >= 11 is 10.5. The Hall–Kier alpha value is -3.13. The fourth-order valence-corrected chi connectivity index (χ4v) is 5.48. The second-order valence-corrected chi connectivity index (χ2v) is 10.4. The molecule has 8 heteroatoms. The normalized spacial score (nSPS) is 14.8. The Morgan fingerprint density at radius 3 is 2.58 bits per heavy atom. The van der Waals surface area contributed by atoms with Crippen molar-refractivity contribution in [1.29, 1.82) is 0 Å². The quantitative estimate of drug-likeness (QED) is 0.215. The van der Waals surface area contributed by atoms with Gasteiger partial charge in [0.15, 0.2) is 0 Å². The highest BCUT2D eigenvalue weighted by atomic mass is 79.9. The number of carbonyl (C=O) groups is 2. The number of carbonyl (C=O) groups excluding carboxylic acids is 2. The molecule has 36 heavy (non-hydrogen) atoms. The number of amides is 2.